The molecule has 1 aromatic carbocycles. The average molecular weight is 311 g/mol. The van der Waals surface area contributed by atoms with Crippen LogP contribution < -0.4 is 5.73 Å². The molecule has 0 radical (unpaired) electrons. The van der Waals surface area contributed by atoms with Gasteiger partial charge in [-0.15, -0.1) is 0 Å². The van der Waals surface area contributed by atoms with Gasteiger partial charge in [-0.1, -0.05) is 43.6 Å². The maximum Gasteiger partial charge on any atom is 0.0616 e. The third kappa shape index (κ3) is 3.78. The van der Waals surface area contributed by atoms with E-state index < -0.39 is 0 Å². The normalized spacial score (nSPS) is 26.5. The van der Waals surface area contributed by atoms with E-state index in [1.807, 2.05) is 18.2 Å². The molecule has 2 atom stereocenters. The minimum absolute atomic E-state index is 0.00631. The predicted molar refractivity (Wildman–Crippen MR) is 88.5 cm³/mol. The monoisotopic (exact) mass is 310 g/mol. The maximum atomic E-state index is 6.29. The number of rotatable bonds is 5. The Bertz CT molecular complexity index is 466. The maximum absolute atomic E-state index is 6.29. The summed E-state index contributed by atoms with van der Waals surface area (Å²) < 4.78 is 5.91. The molecule has 1 aliphatic rings. The van der Waals surface area contributed by atoms with Crippen LogP contribution in [0.1, 0.15) is 32.3 Å². The third-order valence-electron chi connectivity index (χ3n) is 4.78. The molecular formula is C17H27ClN2O. The molecule has 1 aromatic rings. The fourth-order valence-corrected chi connectivity index (χ4v) is 3.30. The number of nitrogens with two attached hydrogens (primary N) is 1. The van der Waals surface area contributed by atoms with Gasteiger partial charge >= 0.3 is 0 Å². The van der Waals surface area contributed by atoms with Crippen LogP contribution in [0.15, 0.2) is 24.3 Å². The number of benzene rings is 1. The zero-order valence-corrected chi connectivity index (χ0v) is 14.1. The van der Waals surface area contributed by atoms with Crippen LogP contribution in [0.3, 0.4) is 0 Å². The van der Waals surface area contributed by atoms with Gasteiger partial charge in [-0.25, -0.2) is 0 Å². The first kappa shape index (κ1) is 16.8. The molecule has 1 aliphatic heterocycles. The standard InChI is InChI=1S/C17H27ClN2O/c1-13(2)16-10-17(12-19,8-9-21-16)20(3)11-14-6-4-5-7-15(14)18/h4-7,13,16H,8-12,19H2,1-3H3. The van der Waals surface area contributed by atoms with Gasteiger partial charge in [0, 0.05) is 30.3 Å². The van der Waals surface area contributed by atoms with Crippen LogP contribution in [0.2, 0.25) is 5.02 Å². The number of hydrogen-bond acceptors (Lipinski definition) is 3. The van der Waals surface area contributed by atoms with Crippen LogP contribution in [0.25, 0.3) is 0 Å². The number of likely N-dealkylation sites (N-methyl/N-ethyl adjacent to an activating group) is 1. The van der Waals surface area contributed by atoms with Crippen LogP contribution in [-0.2, 0) is 11.3 Å². The summed E-state index contributed by atoms with van der Waals surface area (Å²) in [7, 11) is 2.15. The molecule has 118 valence electrons. The molecule has 4 heteroatoms. The van der Waals surface area contributed by atoms with E-state index in [-0.39, 0.29) is 11.6 Å². The van der Waals surface area contributed by atoms with Gasteiger partial charge in [0.05, 0.1) is 6.10 Å². The van der Waals surface area contributed by atoms with Crippen molar-refractivity contribution >= 4 is 11.6 Å². The lowest BCUT2D eigenvalue weighted by atomic mass is 9.82. The van der Waals surface area contributed by atoms with Crippen LogP contribution in [0, 0.1) is 5.92 Å². The van der Waals surface area contributed by atoms with Crippen molar-refractivity contribution in [2.75, 3.05) is 20.2 Å². The molecule has 21 heavy (non-hydrogen) atoms. The molecule has 2 N–H and O–H groups in total. The van der Waals surface area contributed by atoms with E-state index in [2.05, 4.69) is 31.9 Å². The van der Waals surface area contributed by atoms with Crippen molar-refractivity contribution in [1.29, 1.82) is 0 Å². The van der Waals surface area contributed by atoms with Gasteiger partial charge in [0.1, 0.15) is 0 Å². The highest BCUT2D eigenvalue weighted by atomic mass is 35.5. The Kier molecular flexibility index (Phi) is 5.67. The van der Waals surface area contributed by atoms with Crippen LogP contribution in [-0.4, -0.2) is 36.7 Å². The first-order chi connectivity index (χ1) is 9.98. The van der Waals surface area contributed by atoms with Crippen LogP contribution >= 0.6 is 11.6 Å². The Morgan fingerprint density at radius 3 is 2.76 bits per heavy atom. The zero-order chi connectivity index (χ0) is 15.5. The summed E-state index contributed by atoms with van der Waals surface area (Å²) in [4.78, 5) is 2.37. The van der Waals surface area contributed by atoms with E-state index in [0.717, 1.165) is 36.6 Å². The van der Waals surface area contributed by atoms with Crippen molar-refractivity contribution in [1.82, 2.24) is 4.90 Å². The Labute approximate surface area is 133 Å². The SMILES string of the molecule is CC(C)C1CC(CN)(N(C)Cc2ccccc2Cl)CCO1. The van der Waals surface area contributed by atoms with Gasteiger partial charge in [-0.2, -0.15) is 0 Å². The predicted octanol–water partition coefficient (Wildman–Crippen LogP) is 3.30. The van der Waals surface area contributed by atoms with Crippen molar-refractivity contribution in [3.8, 4) is 0 Å². The van der Waals surface area contributed by atoms with Crippen LogP contribution in [0.4, 0.5) is 0 Å². The van der Waals surface area contributed by atoms with Crippen molar-refractivity contribution in [3.63, 3.8) is 0 Å². The molecule has 0 aromatic heterocycles. The average Bonchev–Trinajstić information content (AvgIpc) is 2.49. The summed E-state index contributed by atoms with van der Waals surface area (Å²) in [5.74, 6) is 0.518. The Hall–Kier alpha value is -0.610. The van der Waals surface area contributed by atoms with Gasteiger partial charge in [0.25, 0.3) is 0 Å². The summed E-state index contributed by atoms with van der Waals surface area (Å²) in [6, 6.07) is 8.03. The molecule has 1 heterocycles. The van der Waals surface area contributed by atoms with E-state index in [0.29, 0.717) is 12.5 Å². The summed E-state index contributed by atoms with van der Waals surface area (Å²) >= 11 is 6.29. The highest BCUT2D eigenvalue weighted by molar-refractivity contribution is 6.31. The third-order valence-corrected chi connectivity index (χ3v) is 5.15. The van der Waals surface area contributed by atoms with Gasteiger partial charge in [0.15, 0.2) is 0 Å². The summed E-state index contributed by atoms with van der Waals surface area (Å²) in [6.45, 7) is 6.69. The lowest BCUT2D eigenvalue weighted by Crippen LogP contribution is -2.57. The van der Waals surface area contributed by atoms with Gasteiger partial charge in [-0.05, 0) is 37.4 Å². The number of hydrogen-bond donors (Lipinski definition) is 1. The lowest BCUT2D eigenvalue weighted by molar-refractivity contribution is -0.0834. The molecule has 0 saturated carbocycles. The van der Waals surface area contributed by atoms with Crippen molar-refractivity contribution < 1.29 is 4.74 Å². The number of halogens is 1. The summed E-state index contributed by atoms with van der Waals surface area (Å²) in [5, 5.41) is 0.823. The lowest BCUT2D eigenvalue weighted by Gasteiger charge is -2.47. The van der Waals surface area contributed by atoms with E-state index in [4.69, 9.17) is 22.1 Å². The highest BCUT2D eigenvalue weighted by Crippen LogP contribution is 2.33. The molecule has 0 bridgehead atoms. The largest absolute Gasteiger partial charge is 0.378 e. The highest BCUT2D eigenvalue weighted by Gasteiger charge is 2.40. The molecule has 3 nitrogen and oxygen atoms in total. The van der Waals surface area contributed by atoms with Gasteiger partial charge in [0.2, 0.25) is 0 Å². The molecule has 2 unspecified atom stereocenters. The molecular weight excluding hydrogens is 284 g/mol. The van der Waals surface area contributed by atoms with Gasteiger partial charge < -0.3 is 10.5 Å². The topological polar surface area (TPSA) is 38.5 Å². The first-order valence-corrected chi connectivity index (χ1v) is 8.12. The zero-order valence-electron chi connectivity index (χ0n) is 13.3. The van der Waals surface area contributed by atoms with Crippen LogP contribution in [0.5, 0.6) is 0 Å². The first-order valence-electron chi connectivity index (χ1n) is 7.75. The molecule has 0 amide bonds. The van der Waals surface area contributed by atoms with E-state index >= 15 is 0 Å². The fraction of sp³-hybridized carbons (Fsp3) is 0.647. The van der Waals surface area contributed by atoms with Crippen molar-refractivity contribution in [2.24, 2.45) is 11.7 Å². The molecule has 2 rings (SSSR count). The van der Waals surface area contributed by atoms with Crippen molar-refractivity contribution in [3.05, 3.63) is 34.9 Å². The van der Waals surface area contributed by atoms with Crippen molar-refractivity contribution in [2.45, 2.75) is 44.9 Å². The molecule has 1 fully saturated rings. The minimum Gasteiger partial charge on any atom is -0.378 e. The summed E-state index contributed by atoms with van der Waals surface area (Å²) in [6.07, 6.45) is 2.26. The van der Waals surface area contributed by atoms with Gasteiger partial charge in [-0.3, -0.25) is 4.90 Å². The van der Waals surface area contributed by atoms with E-state index in [1.165, 1.54) is 0 Å². The smallest absolute Gasteiger partial charge is 0.0616 e. The number of ether oxygens (including phenoxy) is 1. The Morgan fingerprint density at radius 1 is 1.43 bits per heavy atom. The summed E-state index contributed by atoms with van der Waals surface area (Å²) in [5.41, 5.74) is 7.32. The second-order valence-corrected chi connectivity index (χ2v) is 6.89. The number of nitrogens with zero attached hydrogens (tertiary/aromatic N) is 1. The minimum atomic E-state index is 0.00631. The second-order valence-electron chi connectivity index (χ2n) is 6.48. The Morgan fingerprint density at radius 2 is 2.14 bits per heavy atom. The molecule has 0 aliphatic carbocycles. The second kappa shape index (κ2) is 7.10. The Balaban J connectivity index is 2.14. The molecule has 1 saturated heterocycles. The fourth-order valence-electron chi connectivity index (χ4n) is 3.10. The van der Waals surface area contributed by atoms with E-state index in [9.17, 15) is 0 Å². The molecule has 0 spiro atoms. The quantitative estimate of drug-likeness (QED) is 0.907. The van der Waals surface area contributed by atoms with E-state index in [1.54, 1.807) is 0 Å².